The summed E-state index contributed by atoms with van der Waals surface area (Å²) in [4.78, 5) is 0. The van der Waals surface area contributed by atoms with Gasteiger partial charge in [0.2, 0.25) is 0 Å². The lowest BCUT2D eigenvalue weighted by Gasteiger charge is -2.07. The Hall–Kier alpha value is -0.715. The molecule has 0 aliphatic rings. The van der Waals surface area contributed by atoms with Crippen molar-refractivity contribution in [2.45, 2.75) is 20.3 Å². The van der Waals surface area contributed by atoms with Gasteiger partial charge in [0.25, 0.3) is 0 Å². The van der Waals surface area contributed by atoms with Crippen LogP contribution in [0.2, 0.25) is 0 Å². The predicted octanol–water partition coefficient (Wildman–Crippen LogP) is 1.68. The van der Waals surface area contributed by atoms with Gasteiger partial charge in [-0.3, -0.25) is 0 Å². The molecule has 1 heteroatoms. The van der Waals surface area contributed by atoms with Crippen LogP contribution in [0, 0.1) is 5.92 Å². The standard InChI is InChI=1S/C10H13B/c1-8(2)7-9-5-3-4-6-10(9)11/h3-6,8H,7H2,1-2H3. The van der Waals surface area contributed by atoms with E-state index in [4.69, 9.17) is 7.85 Å². The van der Waals surface area contributed by atoms with Crippen LogP contribution in [0.4, 0.5) is 0 Å². The van der Waals surface area contributed by atoms with Crippen LogP contribution in [0.3, 0.4) is 0 Å². The van der Waals surface area contributed by atoms with Crippen molar-refractivity contribution in [3.8, 4) is 0 Å². The summed E-state index contributed by atoms with van der Waals surface area (Å²) in [6, 6.07) is 8.06. The fourth-order valence-corrected chi connectivity index (χ4v) is 1.16. The van der Waals surface area contributed by atoms with E-state index in [1.165, 1.54) is 5.56 Å². The molecule has 2 radical (unpaired) electrons. The van der Waals surface area contributed by atoms with Crippen molar-refractivity contribution in [1.82, 2.24) is 0 Å². The fourth-order valence-electron chi connectivity index (χ4n) is 1.16. The van der Waals surface area contributed by atoms with Gasteiger partial charge in [0.1, 0.15) is 7.85 Å². The van der Waals surface area contributed by atoms with Gasteiger partial charge in [-0.05, 0) is 12.3 Å². The topological polar surface area (TPSA) is 0 Å². The fraction of sp³-hybridized carbons (Fsp3) is 0.400. The van der Waals surface area contributed by atoms with Crippen molar-refractivity contribution in [3.05, 3.63) is 29.8 Å². The summed E-state index contributed by atoms with van der Waals surface area (Å²) in [5.41, 5.74) is 2.18. The van der Waals surface area contributed by atoms with Crippen LogP contribution in [-0.4, -0.2) is 7.85 Å². The molecule has 0 atom stereocenters. The van der Waals surface area contributed by atoms with Crippen LogP contribution in [-0.2, 0) is 6.42 Å². The average molecular weight is 144 g/mol. The van der Waals surface area contributed by atoms with Crippen LogP contribution >= 0.6 is 0 Å². The molecule has 0 saturated heterocycles. The quantitative estimate of drug-likeness (QED) is 0.554. The van der Waals surface area contributed by atoms with Crippen molar-refractivity contribution < 1.29 is 0 Å². The summed E-state index contributed by atoms with van der Waals surface area (Å²) in [7, 11) is 5.77. The highest BCUT2D eigenvalue weighted by atomic mass is 14.0. The van der Waals surface area contributed by atoms with Crippen LogP contribution < -0.4 is 5.46 Å². The number of hydrogen-bond acceptors (Lipinski definition) is 0. The van der Waals surface area contributed by atoms with E-state index in [0.29, 0.717) is 5.92 Å². The second kappa shape index (κ2) is 3.61. The lowest BCUT2D eigenvalue weighted by molar-refractivity contribution is 0.649. The van der Waals surface area contributed by atoms with Crippen molar-refractivity contribution in [2.75, 3.05) is 0 Å². The molecule has 0 heterocycles. The van der Waals surface area contributed by atoms with Crippen molar-refractivity contribution in [2.24, 2.45) is 5.92 Å². The molecule has 0 spiro atoms. The molecule has 0 aliphatic carbocycles. The summed E-state index contributed by atoms with van der Waals surface area (Å²) >= 11 is 0. The van der Waals surface area contributed by atoms with Crippen LogP contribution in [0.25, 0.3) is 0 Å². The Balaban J connectivity index is 2.78. The Morgan fingerprint density at radius 2 is 1.91 bits per heavy atom. The van der Waals surface area contributed by atoms with E-state index in [-0.39, 0.29) is 0 Å². The SMILES string of the molecule is [B]c1ccccc1CC(C)C. The maximum atomic E-state index is 5.77. The van der Waals surface area contributed by atoms with Gasteiger partial charge in [0.15, 0.2) is 0 Å². The molecular formula is C10H13B. The smallest absolute Gasteiger partial charge is 0.0935 e. The molecule has 11 heavy (non-hydrogen) atoms. The van der Waals surface area contributed by atoms with Crippen LogP contribution in [0.5, 0.6) is 0 Å². The normalized spacial score (nSPS) is 10.5. The van der Waals surface area contributed by atoms with Gasteiger partial charge in [0.05, 0.1) is 0 Å². The summed E-state index contributed by atoms with van der Waals surface area (Å²) in [6.45, 7) is 4.40. The molecule has 0 N–H and O–H groups in total. The van der Waals surface area contributed by atoms with E-state index in [0.717, 1.165) is 11.9 Å². The Kier molecular flexibility index (Phi) is 2.75. The van der Waals surface area contributed by atoms with Gasteiger partial charge in [0, 0.05) is 0 Å². The zero-order chi connectivity index (χ0) is 8.27. The maximum absolute atomic E-state index is 5.77. The van der Waals surface area contributed by atoms with Gasteiger partial charge >= 0.3 is 0 Å². The molecule has 0 saturated carbocycles. The molecule has 0 aliphatic heterocycles. The third kappa shape index (κ3) is 2.41. The van der Waals surface area contributed by atoms with Gasteiger partial charge < -0.3 is 0 Å². The molecule has 0 unspecified atom stereocenters. The molecular weight excluding hydrogens is 131 g/mol. The predicted molar refractivity (Wildman–Crippen MR) is 50.4 cm³/mol. The van der Waals surface area contributed by atoms with E-state index in [9.17, 15) is 0 Å². The molecule has 0 amide bonds. The number of rotatable bonds is 2. The summed E-state index contributed by atoms with van der Waals surface area (Å²) < 4.78 is 0. The summed E-state index contributed by atoms with van der Waals surface area (Å²) in [5.74, 6) is 0.680. The Morgan fingerprint density at radius 3 is 2.45 bits per heavy atom. The lowest BCUT2D eigenvalue weighted by Crippen LogP contribution is -2.11. The monoisotopic (exact) mass is 144 g/mol. The van der Waals surface area contributed by atoms with Crippen molar-refractivity contribution in [3.63, 3.8) is 0 Å². The van der Waals surface area contributed by atoms with E-state index >= 15 is 0 Å². The zero-order valence-electron chi connectivity index (χ0n) is 7.17. The van der Waals surface area contributed by atoms with Crippen molar-refractivity contribution >= 4 is 13.3 Å². The first-order valence-electron chi connectivity index (χ1n) is 4.03. The Morgan fingerprint density at radius 1 is 1.27 bits per heavy atom. The molecule has 0 nitrogen and oxygen atoms in total. The summed E-state index contributed by atoms with van der Waals surface area (Å²) in [6.07, 6.45) is 1.08. The Bertz CT molecular complexity index is 228. The van der Waals surface area contributed by atoms with Crippen molar-refractivity contribution in [1.29, 1.82) is 0 Å². The van der Waals surface area contributed by atoms with E-state index in [2.05, 4.69) is 19.9 Å². The minimum Gasteiger partial charge on any atom is -0.0935 e. The second-order valence-electron chi connectivity index (χ2n) is 3.30. The van der Waals surface area contributed by atoms with Gasteiger partial charge in [-0.2, -0.15) is 0 Å². The third-order valence-electron chi connectivity index (χ3n) is 1.68. The first kappa shape index (κ1) is 8.38. The molecule has 0 fully saturated rings. The highest BCUT2D eigenvalue weighted by Crippen LogP contribution is 2.03. The van der Waals surface area contributed by atoms with Gasteiger partial charge in [-0.1, -0.05) is 49.1 Å². The zero-order valence-corrected chi connectivity index (χ0v) is 7.17. The molecule has 0 aromatic heterocycles. The first-order chi connectivity index (χ1) is 5.20. The summed E-state index contributed by atoms with van der Waals surface area (Å²) in [5, 5.41) is 0. The highest BCUT2D eigenvalue weighted by Gasteiger charge is 1.98. The van der Waals surface area contributed by atoms with Gasteiger partial charge in [-0.25, -0.2) is 0 Å². The van der Waals surface area contributed by atoms with E-state index in [1.807, 2.05) is 18.2 Å². The Labute approximate surface area is 70.0 Å². The molecule has 1 rings (SSSR count). The highest BCUT2D eigenvalue weighted by molar-refractivity contribution is 6.33. The van der Waals surface area contributed by atoms with Gasteiger partial charge in [-0.15, -0.1) is 0 Å². The maximum Gasteiger partial charge on any atom is 0.114 e. The number of benzene rings is 1. The van der Waals surface area contributed by atoms with Crippen LogP contribution in [0.15, 0.2) is 24.3 Å². The third-order valence-corrected chi connectivity index (χ3v) is 1.68. The first-order valence-corrected chi connectivity index (χ1v) is 4.03. The lowest BCUT2D eigenvalue weighted by atomic mass is 9.87. The minimum absolute atomic E-state index is 0.680. The number of hydrogen-bond donors (Lipinski definition) is 0. The minimum atomic E-state index is 0.680. The molecule has 1 aromatic rings. The van der Waals surface area contributed by atoms with Crippen LogP contribution in [0.1, 0.15) is 19.4 Å². The largest absolute Gasteiger partial charge is 0.114 e. The molecule has 56 valence electrons. The second-order valence-corrected chi connectivity index (χ2v) is 3.30. The molecule has 0 bridgehead atoms. The molecule has 1 aromatic carbocycles. The van der Waals surface area contributed by atoms with E-state index < -0.39 is 0 Å². The van der Waals surface area contributed by atoms with E-state index in [1.54, 1.807) is 0 Å². The average Bonchev–Trinajstić information content (AvgIpc) is 1.93.